The lowest BCUT2D eigenvalue weighted by Crippen LogP contribution is -2.17. The van der Waals surface area contributed by atoms with E-state index < -0.39 is 0 Å². The monoisotopic (exact) mass is 234 g/mol. The average Bonchev–Trinajstić information content (AvgIpc) is 2.93. The van der Waals surface area contributed by atoms with Gasteiger partial charge in [-0.2, -0.15) is 0 Å². The molecule has 4 heteroatoms. The van der Waals surface area contributed by atoms with Crippen molar-refractivity contribution in [3.63, 3.8) is 0 Å². The Balaban J connectivity index is 2.00. The number of aromatic nitrogens is 1. The van der Waals surface area contributed by atoms with Gasteiger partial charge in [0.15, 0.2) is 11.5 Å². The van der Waals surface area contributed by atoms with Gasteiger partial charge in [-0.25, -0.2) is 9.37 Å². The summed E-state index contributed by atoms with van der Waals surface area (Å²) in [6.45, 7) is 0.664. The average molecular weight is 234 g/mol. The van der Waals surface area contributed by atoms with E-state index in [2.05, 4.69) is 4.98 Å². The second-order valence-corrected chi connectivity index (χ2v) is 4.70. The number of fused-ring (bicyclic) bond motifs is 1. The van der Waals surface area contributed by atoms with Crippen molar-refractivity contribution in [3.05, 3.63) is 29.9 Å². The molecule has 0 bridgehead atoms. The Morgan fingerprint density at radius 2 is 2.29 bits per heavy atom. The Morgan fingerprint density at radius 1 is 1.41 bits per heavy atom. The number of hydrogen-bond acceptors (Lipinski definition) is 3. The third kappa shape index (κ3) is 1.82. The highest BCUT2D eigenvalue weighted by Crippen LogP contribution is 2.39. The minimum absolute atomic E-state index is 0.279. The summed E-state index contributed by atoms with van der Waals surface area (Å²) in [5.74, 6) is 1.20. The van der Waals surface area contributed by atoms with E-state index >= 15 is 0 Å². The van der Waals surface area contributed by atoms with Crippen LogP contribution in [0.5, 0.6) is 0 Å². The molecule has 0 spiro atoms. The fourth-order valence-corrected chi connectivity index (χ4v) is 2.72. The summed E-state index contributed by atoms with van der Waals surface area (Å²) in [7, 11) is 0. The zero-order valence-electron chi connectivity index (χ0n) is 9.53. The van der Waals surface area contributed by atoms with Crippen molar-refractivity contribution < 1.29 is 8.81 Å². The Labute approximate surface area is 98.8 Å². The van der Waals surface area contributed by atoms with Crippen LogP contribution >= 0.6 is 0 Å². The van der Waals surface area contributed by atoms with Gasteiger partial charge in [-0.05, 0) is 37.4 Å². The van der Waals surface area contributed by atoms with E-state index in [0.29, 0.717) is 29.5 Å². The van der Waals surface area contributed by atoms with Crippen LogP contribution in [0.2, 0.25) is 0 Å². The molecule has 1 aromatic carbocycles. The lowest BCUT2D eigenvalue weighted by Gasteiger charge is -2.13. The summed E-state index contributed by atoms with van der Waals surface area (Å²) < 4.78 is 18.8. The largest absolute Gasteiger partial charge is 0.440 e. The molecule has 0 saturated heterocycles. The van der Waals surface area contributed by atoms with Gasteiger partial charge in [0.25, 0.3) is 0 Å². The van der Waals surface area contributed by atoms with Crippen LogP contribution in [0.3, 0.4) is 0 Å². The van der Waals surface area contributed by atoms with Gasteiger partial charge in [0, 0.05) is 12.0 Å². The molecule has 2 aromatic rings. The molecule has 1 aromatic heterocycles. The molecule has 0 amide bonds. The number of oxazole rings is 1. The van der Waals surface area contributed by atoms with Crippen LogP contribution in [0, 0.1) is 11.7 Å². The predicted octanol–water partition coefficient (Wildman–Crippen LogP) is 2.81. The second-order valence-electron chi connectivity index (χ2n) is 4.70. The van der Waals surface area contributed by atoms with Crippen LogP contribution in [0.4, 0.5) is 4.39 Å². The summed E-state index contributed by atoms with van der Waals surface area (Å²) in [6.07, 6.45) is 3.37. The van der Waals surface area contributed by atoms with Gasteiger partial charge in [0.1, 0.15) is 11.3 Å². The molecule has 3 rings (SSSR count). The summed E-state index contributed by atoms with van der Waals surface area (Å²) >= 11 is 0. The normalized spacial score (nSPS) is 24.6. The SMILES string of the molecule is NCC1CCCC1c1nc2cc(F)ccc2o1. The van der Waals surface area contributed by atoms with Gasteiger partial charge in [0.2, 0.25) is 0 Å². The molecule has 2 unspecified atom stereocenters. The Hall–Kier alpha value is -1.42. The molecule has 1 aliphatic rings. The minimum Gasteiger partial charge on any atom is -0.440 e. The molecule has 0 radical (unpaired) electrons. The first-order valence-electron chi connectivity index (χ1n) is 6.04. The molecular formula is C13H15FN2O. The smallest absolute Gasteiger partial charge is 0.198 e. The zero-order valence-corrected chi connectivity index (χ0v) is 9.53. The van der Waals surface area contributed by atoms with Crippen LogP contribution in [0.25, 0.3) is 11.1 Å². The standard InChI is InChI=1S/C13H15FN2O/c14-9-4-5-12-11(6-9)16-13(17-12)10-3-1-2-8(10)7-15/h4-6,8,10H,1-3,7,15H2. The molecule has 2 atom stereocenters. The molecular weight excluding hydrogens is 219 g/mol. The molecule has 1 heterocycles. The fraction of sp³-hybridized carbons (Fsp3) is 0.462. The van der Waals surface area contributed by atoms with Crippen LogP contribution in [-0.4, -0.2) is 11.5 Å². The van der Waals surface area contributed by atoms with Gasteiger partial charge in [-0.3, -0.25) is 0 Å². The highest BCUT2D eigenvalue weighted by molar-refractivity contribution is 5.72. The van der Waals surface area contributed by atoms with Gasteiger partial charge in [-0.1, -0.05) is 6.42 Å². The molecule has 1 saturated carbocycles. The summed E-state index contributed by atoms with van der Waals surface area (Å²) in [6, 6.07) is 4.44. The van der Waals surface area contributed by atoms with E-state index in [1.807, 2.05) is 0 Å². The predicted molar refractivity (Wildman–Crippen MR) is 63.1 cm³/mol. The highest BCUT2D eigenvalue weighted by atomic mass is 19.1. The molecule has 2 N–H and O–H groups in total. The summed E-state index contributed by atoms with van der Waals surface area (Å²) in [5, 5.41) is 0. The van der Waals surface area contributed by atoms with Crippen molar-refractivity contribution in [3.8, 4) is 0 Å². The van der Waals surface area contributed by atoms with Crippen molar-refractivity contribution in [1.29, 1.82) is 0 Å². The molecule has 1 aliphatic carbocycles. The van der Waals surface area contributed by atoms with Crippen molar-refractivity contribution in [2.45, 2.75) is 25.2 Å². The highest BCUT2D eigenvalue weighted by Gasteiger charge is 2.31. The lowest BCUT2D eigenvalue weighted by atomic mass is 9.96. The number of hydrogen-bond donors (Lipinski definition) is 1. The van der Waals surface area contributed by atoms with Crippen LogP contribution in [0.15, 0.2) is 22.6 Å². The second kappa shape index (κ2) is 4.11. The van der Waals surface area contributed by atoms with E-state index in [1.165, 1.54) is 18.6 Å². The van der Waals surface area contributed by atoms with Gasteiger partial charge in [-0.15, -0.1) is 0 Å². The van der Waals surface area contributed by atoms with E-state index in [9.17, 15) is 4.39 Å². The topological polar surface area (TPSA) is 52.0 Å². The van der Waals surface area contributed by atoms with E-state index in [0.717, 1.165) is 18.7 Å². The minimum atomic E-state index is -0.279. The van der Waals surface area contributed by atoms with Gasteiger partial charge in [0.05, 0.1) is 0 Å². The molecule has 17 heavy (non-hydrogen) atoms. The first-order chi connectivity index (χ1) is 8.28. The number of rotatable bonds is 2. The van der Waals surface area contributed by atoms with Crippen LogP contribution in [-0.2, 0) is 0 Å². The summed E-state index contributed by atoms with van der Waals surface area (Å²) in [5.41, 5.74) is 7.01. The third-order valence-corrected chi connectivity index (χ3v) is 3.65. The van der Waals surface area contributed by atoms with Crippen LogP contribution < -0.4 is 5.73 Å². The van der Waals surface area contributed by atoms with Crippen molar-refractivity contribution >= 4 is 11.1 Å². The van der Waals surface area contributed by atoms with Crippen molar-refractivity contribution in [1.82, 2.24) is 4.98 Å². The fourth-order valence-electron chi connectivity index (χ4n) is 2.72. The van der Waals surface area contributed by atoms with Crippen LogP contribution in [0.1, 0.15) is 31.1 Å². The lowest BCUT2D eigenvalue weighted by molar-refractivity contribution is 0.401. The maximum atomic E-state index is 13.1. The molecule has 1 fully saturated rings. The maximum Gasteiger partial charge on any atom is 0.198 e. The molecule has 3 nitrogen and oxygen atoms in total. The number of nitrogens with zero attached hydrogens (tertiary/aromatic N) is 1. The maximum absolute atomic E-state index is 13.1. The Morgan fingerprint density at radius 3 is 3.12 bits per heavy atom. The molecule has 0 aliphatic heterocycles. The summed E-state index contributed by atoms with van der Waals surface area (Å²) in [4.78, 5) is 4.39. The third-order valence-electron chi connectivity index (χ3n) is 3.65. The first-order valence-corrected chi connectivity index (χ1v) is 6.04. The van der Waals surface area contributed by atoms with Crippen molar-refractivity contribution in [2.75, 3.05) is 6.54 Å². The van der Waals surface area contributed by atoms with E-state index in [-0.39, 0.29) is 5.82 Å². The Bertz CT molecular complexity index is 537. The molecule has 90 valence electrons. The van der Waals surface area contributed by atoms with E-state index in [1.54, 1.807) is 6.07 Å². The van der Waals surface area contributed by atoms with Gasteiger partial charge >= 0.3 is 0 Å². The number of benzene rings is 1. The van der Waals surface area contributed by atoms with E-state index in [4.69, 9.17) is 10.2 Å². The Kier molecular flexibility index (Phi) is 2.59. The van der Waals surface area contributed by atoms with Crippen molar-refractivity contribution in [2.24, 2.45) is 11.7 Å². The quantitative estimate of drug-likeness (QED) is 0.869. The first kappa shape index (κ1) is 10.7. The van der Waals surface area contributed by atoms with Gasteiger partial charge < -0.3 is 10.2 Å². The zero-order chi connectivity index (χ0) is 11.8. The number of nitrogens with two attached hydrogens (primary N) is 1. The number of halogens is 1.